The molecule has 2 atom stereocenters. The van der Waals surface area contributed by atoms with Crippen LogP contribution in [0.15, 0.2) is 0 Å². The SMILES string of the molecule is CC1CN(C2CCCC2)C(CCN)CN1C. The molecule has 0 radical (unpaired) electrons. The number of rotatable bonds is 3. The van der Waals surface area contributed by atoms with E-state index in [1.807, 2.05) is 0 Å². The molecule has 1 heterocycles. The predicted molar refractivity (Wildman–Crippen MR) is 68.5 cm³/mol. The number of likely N-dealkylation sites (N-methyl/N-ethyl adjacent to an activating group) is 1. The lowest BCUT2D eigenvalue weighted by atomic mass is 10.0. The number of nitrogens with zero attached hydrogens (tertiary/aromatic N) is 2. The summed E-state index contributed by atoms with van der Waals surface area (Å²) < 4.78 is 0. The quantitative estimate of drug-likeness (QED) is 0.785. The van der Waals surface area contributed by atoms with Crippen molar-refractivity contribution < 1.29 is 0 Å². The minimum atomic E-state index is 0.703. The summed E-state index contributed by atoms with van der Waals surface area (Å²) in [6, 6.07) is 2.26. The lowest BCUT2D eigenvalue weighted by Gasteiger charge is -2.46. The summed E-state index contributed by atoms with van der Waals surface area (Å²) >= 11 is 0. The summed E-state index contributed by atoms with van der Waals surface area (Å²) in [6.07, 6.45) is 6.85. The average Bonchev–Trinajstić information content (AvgIpc) is 2.76. The highest BCUT2D eigenvalue weighted by Crippen LogP contribution is 2.28. The predicted octanol–water partition coefficient (Wildman–Crippen LogP) is 1.28. The summed E-state index contributed by atoms with van der Waals surface area (Å²) in [5.41, 5.74) is 5.76. The smallest absolute Gasteiger partial charge is 0.0238 e. The molecule has 1 aliphatic heterocycles. The Labute approximate surface area is 100.0 Å². The van der Waals surface area contributed by atoms with Crippen LogP contribution in [0.4, 0.5) is 0 Å². The molecule has 16 heavy (non-hydrogen) atoms. The van der Waals surface area contributed by atoms with Crippen LogP contribution in [0.1, 0.15) is 39.0 Å². The molecule has 2 unspecified atom stereocenters. The highest BCUT2D eigenvalue weighted by Gasteiger charge is 2.34. The Morgan fingerprint density at radius 2 is 1.88 bits per heavy atom. The van der Waals surface area contributed by atoms with Crippen molar-refractivity contribution in [3.63, 3.8) is 0 Å². The van der Waals surface area contributed by atoms with E-state index < -0.39 is 0 Å². The molecule has 2 N–H and O–H groups in total. The van der Waals surface area contributed by atoms with E-state index in [0.29, 0.717) is 12.1 Å². The normalized spacial score (nSPS) is 34.7. The number of hydrogen-bond donors (Lipinski definition) is 1. The highest BCUT2D eigenvalue weighted by atomic mass is 15.3. The standard InChI is InChI=1S/C13H27N3/c1-11-9-16(12-5-3-4-6-12)13(7-8-14)10-15(11)2/h11-13H,3-10,14H2,1-2H3. The molecule has 0 spiro atoms. The second-order valence-corrected chi connectivity index (χ2v) is 5.65. The molecule has 2 aliphatic rings. The van der Waals surface area contributed by atoms with Crippen molar-refractivity contribution in [2.75, 3.05) is 26.7 Å². The van der Waals surface area contributed by atoms with E-state index in [0.717, 1.165) is 19.0 Å². The van der Waals surface area contributed by atoms with Gasteiger partial charge in [-0.1, -0.05) is 12.8 Å². The molecule has 1 saturated heterocycles. The summed E-state index contributed by atoms with van der Waals surface area (Å²) in [5, 5.41) is 0. The van der Waals surface area contributed by atoms with Crippen LogP contribution < -0.4 is 5.73 Å². The molecule has 2 rings (SSSR count). The van der Waals surface area contributed by atoms with E-state index in [1.54, 1.807) is 0 Å². The molecule has 3 heteroatoms. The summed E-state index contributed by atoms with van der Waals surface area (Å²) in [6.45, 7) is 5.62. The van der Waals surface area contributed by atoms with Gasteiger partial charge >= 0.3 is 0 Å². The molecule has 0 aromatic carbocycles. The van der Waals surface area contributed by atoms with Crippen molar-refractivity contribution in [3.05, 3.63) is 0 Å². The van der Waals surface area contributed by atoms with Crippen LogP contribution in [0.25, 0.3) is 0 Å². The summed E-state index contributed by atoms with van der Waals surface area (Å²) in [7, 11) is 2.25. The molecule has 2 fully saturated rings. The summed E-state index contributed by atoms with van der Waals surface area (Å²) in [4.78, 5) is 5.26. The van der Waals surface area contributed by atoms with Gasteiger partial charge in [-0.25, -0.2) is 0 Å². The van der Waals surface area contributed by atoms with Crippen LogP contribution in [0, 0.1) is 0 Å². The van der Waals surface area contributed by atoms with Crippen molar-refractivity contribution in [2.24, 2.45) is 5.73 Å². The fraction of sp³-hybridized carbons (Fsp3) is 1.00. The fourth-order valence-electron chi connectivity index (χ4n) is 3.34. The zero-order valence-electron chi connectivity index (χ0n) is 10.9. The molecule has 1 aliphatic carbocycles. The minimum Gasteiger partial charge on any atom is -0.330 e. The van der Waals surface area contributed by atoms with Gasteiger partial charge in [-0.05, 0) is 39.8 Å². The molecular formula is C13H27N3. The Kier molecular flexibility index (Phi) is 4.22. The Balaban J connectivity index is 2.00. The van der Waals surface area contributed by atoms with Crippen LogP contribution >= 0.6 is 0 Å². The van der Waals surface area contributed by atoms with Crippen LogP contribution in [-0.2, 0) is 0 Å². The topological polar surface area (TPSA) is 32.5 Å². The Hall–Kier alpha value is -0.120. The van der Waals surface area contributed by atoms with Gasteiger partial charge in [-0.3, -0.25) is 4.90 Å². The van der Waals surface area contributed by atoms with Crippen molar-refractivity contribution in [1.82, 2.24) is 9.80 Å². The Morgan fingerprint density at radius 1 is 1.19 bits per heavy atom. The molecule has 3 nitrogen and oxygen atoms in total. The molecule has 0 aromatic heterocycles. The minimum absolute atomic E-state index is 0.703. The van der Waals surface area contributed by atoms with E-state index in [-0.39, 0.29) is 0 Å². The monoisotopic (exact) mass is 225 g/mol. The van der Waals surface area contributed by atoms with Crippen molar-refractivity contribution in [2.45, 2.75) is 57.2 Å². The van der Waals surface area contributed by atoms with Crippen molar-refractivity contribution in [3.8, 4) is 0 Å². The molecule has 94 valence electrons. The Bertz CT molecular complexity index is 213. The van der Waals surface area contributed by atoms with Gasteiger partial charge in [0.05, 0.1) is 0 Å². The maximum Gasteiger partial charge on any atom is 0.0238 e. The lowest BCUT2D eigenvalue weighted by molar-refractivity contribution is 0.0194. The number of nitrogens with two attached hydrogens (primary N) is 1. The third-order valence-electron chi connectivity index (χ3n) is 4.49. The van der Waals surface area contributed by atoms with Crippen molar-refractivity contribution in [1.29, 1.82) is 0 Å². The zero-order chi connectivity index (χ0) is 11.5. The maximum absolute atomic E-state index is 5.76. The second-order valence-electron chi connectivity index (χ2n) is 5.65. The molecule has 0 bridgehead atoms. The van der Waals surface area contributed by atoms with Gasteiger partial charge in [0.15, 0.2) is 0 Å². The fourth-order valence-corrected chi connectivity index (χ4v) is 3.34. The van der Waals surface area contributed by atoms with Crippen molar-refractivity contribution >= 4 is 0 Å². The Morgan fingerprint density at radius 3 is 2.50 bits per heavy atom. The van der Waals surface area contributed by atoms with Crippen LogP contribution in [-0.4, -0.2) is 54.6 Å². The first kappa shape index (κ1) is 12.3. The lowest BCUT2D eigenvalue weighted by Crippen LogP contribution is -2.58. The molecule has 0 amide bonds. The zero-order valence-corrected chi connectivity index (χ0v) is 10.9. The van der Waals surface area contributed by atoms with Gasteiger partial charge in [-0.2, -0.15) is 0 Å². The van der Waals surface area contributed by atoms with Gasteiger partial charge in [0.25, 0.3) is 0 Å². The van der Waals surface area contributed by atoms with Gasteiger partial charge in [0, 0.05) is 31.2 Å². The first-order valence-corrected chi connectivity index (χ1v) is 6.88. The number of hydrogen-bond acceptors (Lipinski definition) is 3. The second kappa shape index (κ2) is 5.48. The third kappa shape index (κ3) is 2.58. The average molecular weight is 225 g/mol. The van der Waals surface area contributed by atoms with Gasteiger partial charge < -0.3 is 10.6 Å². The maximum atomic E-state index is 5.76. The van der Waals surface area contributed by atoms with Crippen LogP contribution in [0.2, 0.25) is 0 Å². The van der Waals surface area contributed by atoms with Gasteiger partial charge in [-0.15, -0.1) is 0 Å². The molecule has 0 aromatic rings. The first-order chi connectivity index (χ1) is 7.72. The van der Waals surface area contributed by atoms with Gasteiger partial charge in [0.2, 0.25) is 0 Å². The van der Waals surface area contributed by atoms with E-state index in [4.69, 9.17) is 5.73 Å². The number of piperazine rings is 1. The molecular weight excluding hydrogens is 198 g/mol. The summed E-state index contributed by atoms with van der Waals surface area (Å²) in [5.74, 6) is 0. The van der Waals surface area contributed by atoms with E-state index in [2.05, 4.69) is 23.8 Å². The third-order valence-corrected chi connectivity index (χ3v) is 4.49. The van der Waals surface area contributed by atoms with E-state index >= 15 is 0 Å². The first-order valence-electron chi connectivity index (χ1n) is 6.88. The molecule has 1 saturated carbocycles. The highest BCUT2D eigenvalue weighted by molar-refractivity contribution is 4.91. The van der Waals surface area contributed by atoms with E-state index in [1.165, 1.54) is 38.8 Å². The van der Waals surface area contributed by atoms with Gasteiger partial charge in [0.1, 0.15) is 0 Å². The van der Waals surface area contributed by atoms with Crippen LogP contribution in [0.5, 0.6) is 0 Å². The van der Waals surface area contributed by atoms with Crippen LogP contribution in [0.3, 0.4) is 0 Å². The van der Waals surface area contributed by atoms with E-state index in [9.17, 15) is 0 Å². The largest absolute Gasteiger partial charge is 0.330 e.